The van der Waals surface area contributed by atoms with Crippen molar-refractivity contribution < 1.29 is 4.74 Å². The highest BCUT2D eigenvalue weighted by atomic mass is 32.1. The summed E-state index contributed by atoms with van der Waals surface area (Å²) >= 11 is 5.46. The zero-order valence-corrected chi connectivity index (χ0v) is 14.4. The molecule has 0 bridgehead atoms. The van der Waals surface area contributed by atoms with Crippen LogP contribution in [0.25, 0.3) is 10.9 Å². The van der Waals surface area contributed by atoms with Crippen LogP contribution in [0.4, 0.5) is 5.69 Å². The third-order valence-electron chi connectivity index (χ3n) is 3.85. The van der Waals surface area contributed by atoms with E-state index in [0.717, 1.165) is 22.3 Å². The molecular formula is C19H19N3OS. The number of anilines is 1. The number of methoxy groups -OCH3 is 1. The van der Waals surface area contributed by atoms with Gasteiger partial charge in [0.1, 0.15) is 11.3 Å². The van der Waals surface area contributed by atoms with E-state index in [2.05, 4.69) is 34.7 Å². The zero-order chi connectivity index (χ0) is 16.9. The molecule has 0 saturated heterocycles. The molecule has 0 spiro atoms. The van der Waals surface area contributed by atoms with Crippen LogP contribution in [-0.2, 0) is 0 Å². The number of hydrogen-bond donors (Lipinski definition) is 2. The summed E-state index contributed by atoms with van der Waals surface area (Å²) in [5, 5.41) is 8.11. The van der Waals surface area contributed by atoms with E-state index in [1.54, 1.807) is 13.3 Å². The lowest BCUT2D eigenvalue weighted by Gasteiger charge is -2.18. The number of rotatable bonds is 4. The fraction of sp³-hybridized carbons (Fsp3) is 0.158. The molecule has 4 nitrogen and oxygen atoms in total. The van der Waals surface area contributed by atoms with Gasteiger partial charge in [-0.1, -0.05) is 30.3 Å². The summed E-state index contributed by atoms with van der Waals surface area (Å²) in [6.07, 6.45) is 1.75. The van der Waals surface area contributed by atoms with Gasteiger partial charge in [0.25, 0.3) is 0 Å². The maximum atomic E-state index is 5.46. The molecule has 0 radical (unpaired) electrons. The zero-order valence-electron chi connectivity index (χ0n) is 13.6. The quantitative estimate of drug-likeness (QED) is 0.695. The van der Waals surface area contributed by atoms with E-state index in [0.29, 0.717) is 5.11 Å². The van der Waals surface area contributed by atoms with Gasteiger partial charge in [-0.25, -0.2) is 0 Å². The summed E-state index contributed by atoms with van der Waals surface area (Å²) in [6, 6.07) is 18.0. The largest absolute Gasteiger partial charge is 0.494 e. The number of nitrogens with zero attached hydrogens (tertiary/aromatic N) is 1. The molecular weight excluding hydrogens is 318 g/mol. The summed E-state index contributed by atoms with van der Waals surface area (Å²) in [7, 11) is 1.64. The number of thiocarbonyl (C=S) groups is 1. The summed E-state index contributed by atoms with van der Waals surface area (Å²) in [6.45, 7) is 2.08. The van der Waals surface area contributed by atoms with Crippen LogP contribution in [0.3, 0.4) is 0 Å². The first-order chi connectivity index (χ1) is 11.7. The van der Waals surface area contributed by atoms with Crippen molar-refractivity contribution >= 4 is 33.9 Å². The Bertz CT molecular complexity index is 852. The predicted molar refractivity (Wildman–Crippen MR) is 103 cm³/mol. The van der Waals surface area contributed by atoms with Crippen molar-refractivity contribution in [1.82, 2.24) is 10.3 Å². The molecule has 24 heavy (non-hydrogen) atoms. The van der Waals surface area contributed by atoms with Gasteiger partial charge in [0.15, 0.2) is 5.11 Å². The predicted octanol–water partition coefficient (Wildman–Crippen LogP) is 4.29. The van der Waals surface area contributed by atoms with E-state index in [-0.39, 0.29) is 6.04 Å². The minimum atomic E-state index is 0.119. The number of hydrogen-bond acceptors (Lipinski definition) is 3. The van der Waals surface area contributed by atoms with Crippen LogP contribution in [0.15, 0.2) is 60.8 Å². The molecule has 1 heterocycles. The second-order valence-electron chi connectivity index (χ2n) is 5.45. The monoisotopic (exact) mass is 337 g/mol. The molecule has 5 heteroatoms. The average Bonchev–Trinajstić information content (AvgIpc) is 2.62. The molecule has 0 aliphatic heterocycles. The van der Waals surface area contributed by atoms with Gasteiger partial charge in [-0.3, -0.25) is 4.98 Å². The van der Waals surface area contributed by atoms with Crippen LogP contribution in [0.5, 0.6) is 5.75 Å². The van der Waals surface area contributed by atoms with Gasteiger partial charge in [0, 0.05) is 17.3 Å². The van der Waals surface area contributed by atoms with Crippen molar-refractivity contribution in [2.24, 2.45) is 0 Å². The third kappa shape index (κ3) is 3.46. The molecule has 2 N–H and O–H groups in total. The number of fused-ring (bicyclic) bond motifs is 1. The Kier molecular flexibility index (Phi) is 4.91. The molecule has 0 amide bonds. The second-order valence-corrected chi connectivity index (χ2v) is 5.85. The van der Waals surface area contributed by atoms with Crippen LogP contribution in [-0.4, -0.2) is 17.2 Å². The smallest absolute Gasteiger partial charge is 0.171 e. The first-order valence-corrected chi connectivity index (χ1v) is 8.14. The summed E-state index contributed by atoms with van der Waals surface area (Å²) in [5.74, 6) is 0.743. The number of pyridine rings is 1. The lowest BCUT2D eigenvalue weighted by molar-refractivity contribution is 0.419. The minimum absolute atomic E-state index is 0.119. The molecule has 122 valence electrons. The Morgan fingerprint density at radius 2 is 1.88 bits per heavy atom. The second kappa shape index (κ2) is 7.27. The molecule has 2 aromatic carbocycles. The summed E-state index contributed by atoms with van der Waals surface area (Å²) in [5.41, 5.74) is 2.89. The van der Waals surface area contributed by atoms with Gasteiger partial charge >= 0.3 is 0 Å². The van der Waals surface area contributed by atoms with Gasteiger partial charge in [0.2, 0.25) is 0 Å². The van der Waals surface area contributed by atoms with Crippen LogP contribution in [0.1, 0.15) is 18.5 Å². The van der Waals surface area contributed by atoms with Crippen molar-refractivity contribution in [3.8, 4) is 5.75 Å². The number of benzene rings is 2. The van der Waals surface area contributed by atoms with E-state index in [1.165, 1.54) is 5.56 Å². The standard InChI is InChI=1S/C19H19N3OS/c1-13(14-7-4-3-5-8-14)21-19(24)22-16-10-11-17(23-2)18-15(16)9-6-12-20-18/h3-13H,1-2H3,(H2,21,22,24). The molecule has 1 aromatic heterocycles. The molecule has 3 rings (SSSR count). The molecule has 0 aliphatic rings. The highest BCUT2D eigenvalue weighted by molar-refractivity contribution is 7.80. The number of aromatic nitrogens is 1. The molecule has 0 saturated carbocycles. The maximum Gasteiger partial charge on any atom is 0.171 e. The van der Waals surface area contributed by atoms with E-state index >= 15 is 0 Å². The van der Waals surface area contributed by atoms with Gasteiger partial charge in [0.05, 0.1) is 13.2 Å². The van der Waals surface area contributed by atoms with Crippen LogP contribution >= 0.6 is 12.2 Å². The van der Waals surface area contributed by atoms with E-state index in [1.807, 2.05) is 42.5 Å². The topological polar surface area (TPSA) is 46.2 Å². The third-order valence-corrected chi connectivity index (χ3v) is 4.07. The summed E-state index contributed by atoms with van der Waals surface area (Å²) < 4.78 is 5.37. The molecule has 1 unspecified atom stereocenters. The van der Waals surface area contributed by atoms with Gasteiger partial charge in [-0.2, -0.15) is 0 Å². The molecule has 0 aliphatic carbocycles. The Hall–Kier alpha value is -2.66. The van der Waals surface area contributed by atoms with Crippen molar-refractivity contribution in [2.45, 2.75) is 13.0 Å². The fourth-order valence-electron chi connectivity index (χ4n) is 2.60. The van der Waals surface area contributed by atoms with Crippen molar-refractivity contribution in [3.05, 3.63) is 66.4 Å². The van der Waals surface area contributed by atoms with Crippen LogP contribution < -0.4 is 15.4 Å². The average molecular weight is 337 g/mol. The SMILES string of the molecule is COc1ccc(NC(=S)NC(C)c2ccccc2)c2cccnc12. The number of nitrogens with one attached hydrogen (secondary N) is 2. The van der Waals surface area contributed by atoms with E-state index in [4.69, 9.17) is 17.0 Å². The number of ether oxygens (including phenoxy) is 1. The minimum Gasteiger partial charge on any atom is -0.494 e. The van der Waals surface area contributed by atoms with Crippen LogP contribution in [0.2, 0.25) is 0 Å². The van der Waals surface area contributed by atoms with Gasteiger partial charge in [-0.05, 0) is 49.0 Å². The fourth-order valence-corrected chi connectivity index (χ4v) is 2.89. The maximum absolute atomic E-state index is 5.46. The van der Waals surface area contributed by atoms with Crippen molar-refractivity contribution in [1.29, 1.82) is 0 Å². The lowest BCUT2D eigenvalue weighted by atomic mass is 10.1. The first-order valence-electron chi connectivity index (χ1n) is 7.73. The normalized spacial score (nSPS) is 11.8. The van der Waals surface area contributed by atoms with Crippen LogP contribution in [0, 0.1) is 0 Å². The first kappa shape index (κ1) is 16.2. The lowest BCUT2D eigenvalue weighted by Crippen LogP contribution is -2.30. The van der Waals surface area contributed by atoms with Gasteiger partial charge < -0.3 is 15.4 Å². The highest BCUT2D eigenvalue weighted by Gasteiger charge is 2.10. The van der Waals surface area contributed by atoms with Crippen molar-refractivity contribution in [3.63, 3.8) is 0 Å². The highest BCUT2D eigenvalue weighted by Crippen LogP contribution is 2.29. The summed E-state index contributed by atoms with van der Waals surface area (Å²) in [4.78, 5) is 4.40. The Morgan fingerprint density at radius 3 is 2.62 bits per heavy atom. The van der Waals surface area contributed by atoms with Gasteiger partial charge in [-0.15, -0.1) is 0 Å². The molecule has 1 atom stereocenters. The van der Waals surface area contributed by atoms with E-state index < -0.39 is 0 Å². The van der Waals surface area contributed by atoms with Crippen molar-refractivity contribution in [2.75, 3.05) is 12.4 Å². The Balaban J connectivity index is 1.79. The Labute approximate surface area is 146 Å². The van der Waals surface area contributed by atoms with E-state index in [9.17, 15) is 0 Å². The molecule has 3 aromatic rings. The Morgan fingerprint density at radius 1 is 1.08 bits per heavy atom. The molecule has 0 fully saturated rings.